The molecule has 3 saturated heterocycles. The average Bonchev–Trinajstić information content (AvgIpc) is 3.41. The van der Waals surface area contributed by atoms with Gasteiger partial charge in [0.1, 0.15) is 0 Å². The summed E-state index contributed by atoms with van der Waals surface area (Å²) in [6.07, 6.45) is 3.74. The van der Waals surface area contributed by atoms with Gasteiger partial charge >= 0.3 is 11.9 Å². The lowest BCUT2D eigenvalue weighted by atomic mass is 9.79. The first-order valence-electron chi connectivity index (χ1n) is 17.1. The zero-order chi connectivity index (χ0) is 36.4. The number of halogens is 2. The first-order chi connectivity index (χ1) is 24.5. The summed E-state index contributed by atoms with van der Waals surface area (Å²) >= 11 is 13.4. The Hall–Kier alpha value is -3.71. The molecule has 0 saturated carbocycles. The Balaban J connectivity index is 1.30. The molecule has 272 valence electrons. The van der Waals surface area contributed by atoms with E-state index in [1.54, 1.807) is 54.3 Å². The smallest absolute Gasteiger partial charge is 0.336 e. The minimum Gasteiger partial charge on any atom is -0.466 e. The fourth-order valence-corrected chi connectivity index (χ4v) is 9.92. The number of nitrogens with one attached hydrogen (secondary N) is 1. The van der Waals surface area contributed by atoms with E-state index in [0.717, 1.165) is 25.7 Å². The normalized spacial score (nSPS) is 24.3. The number of benzene rings is 2. The van der Waals surface area contributed by atoms with Gasteiger partial charge < -0.3 is 24.6 Å². The van der Waals surface area contributed by atoms with Crippen molar-refractivity contribution in [1.82, 2.24) is 20.0 Å². The number of ether oxygens (including phenoxy) is 2. The molecule has 51 heavy (non-hydrogen) atoms. The molecule has 6 rings (SSSR count). The fourth-order valence-electron chi connectivity index (χ4n) is 8.19. The molecule has 2 amide bonds. The molecule has 2 aromatic rings. The van der Waals surface area contributed by atoms with Gasteiger partial charge in [0.05, 0.1) is 54.3 Å². The number of rotatable bonds is 9. The Bertz CT molecular complexity index is 1760. The molecular formula is C37H42Cl2N4O7S. The van der Waals surface area contributed by atoms with Crippen molar-refractivity contribution in [2.75, 3.05) is 46.2 Å². The van der Waals surface area contributed by atoms with E-state index in [1.807, 2.05) is 6.07 Å². The maximum absolute atomic E-state index is 14.1. The molecule has 0 radical (unpaired) electrons. The molecule has 0 aliphatic carbocycles. The van der Waals surface area contributed by atoms with E-state index in [4.69, 9.17) is 32.7 Å². The predicted octanol–water partition coefficient (Wildman–Crippen LogP) is 4.42. The van der Waals surface area contributed by atoms with Gasteiger partial charge in [-0.05, 0) is 49.9 Å². The Labute approximate surface area is 310 Å². The molecule has 14 heteroatoms. The summed E-state index contributed by atoms with van der Waals surface area (Å²) in [7, 11) is 0.803. The molecule has 4 heterocycles. The maximum Gasteiger partial charge on any atom is 0.336 e. The van der Waals surface area contributed by atoms with Crippen molar-refractivity contribution >= 4 is 57.8 Å². The van der Waals surface area contributed by atoms with E-state index in [0.29, 0.717) is 37.1 Å². The Morgan fingerprint density at radius 3 is 1.92 bits per heavy atom. The minimum atomic E-state index is -1.63. The number of piperazine rings is 1. The van der Waals surface area contributed by atoms with Crippen LogP contribution in [0.2, 0.25) is 10.0 Å². The van der Waals surface area contributed by atoms with E-state index in [2.05, 4.69) is 15.1 Å². The summed E-state index contributed by atoms with van der Waals surface area (Å²) in [5.41, 5.74) is 0.663. The number of fused-ring (bicyclic) bond motifs is 2. The number of carbonyl (C=O) groups excluding carboxylic acids is 4. The summed E-state index contributed by atoms with van der Waals surface area (Å²) in [5, 5.41) is 3.54. The fraction of sp³-hybridized carbons (Fsp3) is 0.459. The van der Waals surface area contributed by atoms with Crippen LogP contribution in [0.5, 0.6) is 0 Å². The number of nitrogens with zero attached hydrogens (tertiary/aromatic N) is 3. The Kier molecular flexibility index (Phi) is 11.5. The van der Waals surface area contributed by atoms with Gasteiger partial charge in [-0.15, -0.1) is 0 Å². The first-order valence-corrected chi connectivity index (χ1v) is 19.2. The van der Waals surface area contributed by atoms with E-state index < -0.39 is 28.7 Å². The highest BCUT2D eigenvalue weighted by molar-refractivity contribution is 7.85. The van der Waals surface area contributed by atoms with Crippen molar-refractivity contribution in [2.45, 2.75) is 68.0 Å². The number of carbonyl (C=O) groups is 4. The monoisotopic (exact) mass is 756 g/mol. The summed E-state index contributed by atoms with van der Waals surface area (Å²) in [6.45, 7) is 4.03. The van der Waals surface area contributed by atoms with Gasteiger partial charge in [-0.25, -0.2) is 9.59 Å². The van der Waals surface area contributed by atoms with Crippen LogP contribution in [0.3, 0.4) is 0 Å². The highest BCUT2D eigenvalue weighted by Gasteiger charge is 2.45. The van der Waals surface area contributed by atoms with Crippen molar-refractivity contribution in [3.8, 4) is 0 Å². The zero-order valence-corrected chi connectivity index (χ0v) is 31.2. The SMILES string of the molecule is COC(=O)C1=C(CC(=O)N2CCN(C3CC4CCC(C3)N4C(C)=O)CC2)NC(CS(=O)c2ccccc2)=C(C(=O)OC)C1c1c(Cl)cccc1Cl. The molecule has 4 aliphatic heterocycles. The number of dihydropyridines is 1. The molecule has 4 unspecified atom stereocenters. The van der Waals surface area contributed by atoms with Crippen molar-refractivity contribution < 1.29 is 32.9 Å². The maximum atomic E-state index is 14.1. The van der Waals surface area contributed by atoms with E-state index in [1.165, 1.54) is 14.2 Å². The van der Waals surface area contributed by atoms with Crippen LogP contribution in [0.15, 0.2) is 76.0 Å². The molecule has 11 nitrogen and oxygen atoms in total. The molecule has 1 N–H and O–H groups in total. The van der Waals surface area contributed by atoms with Crippen LogP contribution in [-0.2, 0) is 39.5 Å². The molecule has 2 bridgehead atoms. The Morgan fingerprint density at radius 2 is 1.37 bits per heavy atom. The number of methoxy groups -OCH3 is 2. The van der Waals surface area contributed by atoms with Crippen molar-refractivity contribution in [3.63, 3.8) is 0 Å². The van der Waals surface area contributed by atoms with Gasteiger partial charge in [-0.2, -0.15) is 0 Å². The largest absolute Gasteiger partial charge is 0.466 e. The lowest BCUT2D eigenvalue weighted by Gasteiger charge is -2.45. The number of hydrogen-bond donors (Lipinski definition) is 1. The Morgan fingerprint density at radius 1 is 0.804 bits per heavy atom. The lowest BCUT2D eigenvalue weighted by molar-refractivity contribution is -0.137. The van der Waals surface area contributed by atoms with Crippen molar-refractivity contribution in [3.05, 3.63) is 86.7 Å². The topological polar surface area (TPSA) is 126 Å². The number of amides is 2. The quantitative estimate of drug-likeness (QED) is 0.371. The molecule has 0 aromatic heterocycles. The lowest BCUT2D eigenvalue weighted by Crippen LogP contribution is -2.57. The summed E-state index contributed by atoms with van der Waals surface area (Å²) in [5.74, 6) is -2.98. The van der Waals surface area contributed by atoms with Gasteiger partial charge in [-0.1, -0.05) is 47.5 Å². The second kappa shape index (κ2) is 15.9. The van der Waals surface area contributed by atoms with E-state index >= 15 is 0 Å². The number of hydrogen-bond acceptors (Lipinski definition) is 9. The van der Waals surface area contributed by atoms with Gasteiger partial charge in [0.15, 0.2) is 0 Å². The number of piperidine rings is 1. The van der Waals surface area contributed by atoms with Gasteiger partial charge in [0.25, 0.3) is 0 Å². The highest BCUT2D eigenvalue weighted by atomic mass is 35.5. The molecule has 3 fully saturated rings. The van der Waals surface area contributed by atoms with Crippen LogP contribution in [0.4, 0.5) is 0 Å². The summed E-state index contributed by atoms with van der Waals surface area (Å²) < 4.78 is 24.1. The third kappa shape index (κ3) is 7.60. The van der Waals surface area contributed by atoms with Crippen LogP contribution in [0.25, 0.3) is 0 Å². The standard InChI is InChI=1S/C37H42Cl2N4O7S/c1-22(44)43-23-12-13-24(43)19-25(18-23)41-14-16-42(17-15-41)31(45)20-29-33(36(46)49-2)35(32-27(38)10-7-11-28(32)39)34(37(47)50-3)30(40-29)21-51(48)26-8-5-4-6-9-26/h4-11,23-25,35,40H,12-21H2,1-3H3. The van der Waals surface area contributed by atoms with Crippen molar-refractivity contribution in [1.29, 1.82) is 0 Å². The second-order valence-corrected chi connectivity index (χ2v) is 15.6. The third-order valence-corrected chi connectivity index (χ3v) is 12.5. The highest BCUT2D eigenvalue weighted by Crippen LogP contribution is 2.46. The molecular weight excluding hydrogens is 715 g/mol. The molecule has 2 aromatic carbocycles. The van der Waals surface area contributed by atoms with Crippen molar-refractivity contribution in [2.24, 2.45) is 0 Å². The molecule has 4 atom stereocenters. The van der Waals surface area contributed by atoms with Crippen LogP contribution in [0.1, 0.15) is 50.5 Å². The first kappa shape index (κ1) is 37.1. The third-order valence-electron chi connectivity index (χ3n) is 10.5. The second-order valence-electron chi connectivity index (χ2n) is 13.3. The van der Waals surface area contributed by atoms with Gasteiger partial charge in [-0.3, -0.25) is 18.7 Å². The molecule has 0 spiro atoms. The average molecular weight is 758 g/mol. The van der Waals surface area contributed by atoms with Gasteiger partial charge in [0, 0.05) is 83.1 Å². The minimum absolute atomic E-state index is 0.00761. The van der Waals surface area contributed by atoms with Crippen LogP contribution in [-0.4, -0.2) is 107 Å². The summed E-state index contributed by atoms with van der Waals surface area (Å²) in [4.78, 5) is 60.4. The van der Waals surface area contributed by atoms with Gasteiger partial charge in [0.2, 0.25) is 11.8 Å². The van der Waals surface area contributed by atoms with E-state index in [9.17, 15) is 23.4 Å². The van der Waals surface area contributed by atoms with Crippen LogP contribution >= 0.6 is 23.2 Å². The summed E-state index contributed by atoms with van der Waals surface area (Å²) in [6, 6.07) is 14.5. The van der Waals surface area contributed by atoms with Crippen LogP contribution in [0, 0.1) is 0 Å². The predicted molar refractivity (Wildman–Crippen MR) is 193 cm³/mol. The number of esters is 2. The molecule has 4 aliphatic rings. The zero-order valence-electron chi connectivity index (χ0n) is 28.9. The van der Waals surface area contributed by atoms with Crippen LogP contribution < -0.4 is 5.32 Å². The van der Waals surface area contributed by atoms with E-state index in [-0.39, 0.29) is 74.2 Å².